The van der Waals surface area contributed by atoms with E-state index < -0.39 is 32.7 Å². The first-order valence-electron chi connectivity index (χ1n) is 15.5. The molecule has 1 N–H and O–H groups in total. The van der Waals surface area contributed by atoms with E-state index in [0.717, 1.165) is 38.5 Å². The van der Waals surface area contributed by atoms with Crippen LogP contribution in [0.1, 0.15) is 168 Å². The van der Waals surface area contributed by atoms with Crippen molar-refractivity contribution in [2.24, 2.45) is 5.41 Å². The Morgan fingerprint density at radius 1 is 0.575 bits per heavy atom. The molecular formula is C30H56K2O7S. The zero-order valence-corrected chi connectivity index (χ0v) is 33.4. The van der Waals surface area contributed by atoms with Crippen LogP contribution in [0.4, 0.5) is 0 Å². The average molecular weight is 639 g/mol. The second-order valence-electron chi connectivity index (χ2n) is 11.2. The molecule has 0 aliphatic carbocycles. The van der Waals surface area contributed by atoms with E-state index in [-0.39, 0.29) is 116 Å². The van der Waals surface area contributed by atoms with Crippen molar-refractivity contribution in [1.82, 2.24) is 0 Å². The molecule has 0 spiro atoms. The predicted octanol–water partition coefficient (Wildman–Crippen LogP) is 0.139. The standard InChI is InChI=1S/C30H58O7S.2K/c1-3-5-7-9-11-13-15-17-19-21-23-25-30(29(33)34,27(28(31)32)38(35,36)37)26-24-22-20-18-16-14-12-10-8-6-4-2;;/h27H,3-26H2,1-2H3,(H,31,32)(H,33,34)(H,35,36,37);;/q;2*+1/p-2. The molecule has 1 atom stereocenters. The third-order valence-electron chi connectivity index (χ3n) is 7.87. The molecule has 1 unspecified atom stereocenters. The summed E-state index contributed by atoms with van der Waals surface area (Å²) >= 11 is 0. The molecule has 0 aliphatic rings. The van der Waals surface area contributed by atoms with Crippen LogP contribution in [0.25, 0.3) is 0 Å². The molecule has 0 heterocycles. The van der Waals surface area contributed by atoms with Gasteiger partial charge in [0.25, 0.3) is 10.1 Å². The molecule has 7 nitrogen and oxygen atoms in total. The van der Waals surface area contributed by atoms with Crippen LogP contribution in [0, 0.1) is 5.41 Å². The van der Waals surface area contributed by atoms with Crippen LogP contribution in [0.15, 0.2) is 0 Å². The summed E-state index contributed by atoms with van der Waals surface area (Å²) in [5.74, 6) is -3.81. The molecular weight excluding hydrogens is 583 g/mol. The molecule has 0 fully saturated rings. The number of hydrogen-bond acceptors (Lipinski definition) is 6. The summed E-state index contributed by atoms with van der Waals surface area (Å²) in [4.78, 5) is 24.0. The van der Waals surface area contributed by atoms with Crippen LogP contribution in [-0.4, -0.2) is 30.2 Å². The van der Waals surface area contributed by atoms with E-state index in [1.807, 2.05) is 0 Å². The Labute approximate surface area is 331 Å². The number of aliphatic carboxylic acids is 2. The van der Waals surface area contributed by atoms with Crippen molar-refractivity contribution in [2.75, 3.05) is 0 Å². The fraction of sp³-hybridized carbons (Fsp3) is 0.933. The van der Waals surface area contributed by atoms with Crippen molar-refractivity contribution in [3.8, 4) is 0 Å². The first-order chi connectivity index (χ1) is 18.1. The predicted molar refractivity (Wildman–Crippen MR) is 150 cm³/mol. The van der Waals surface area contributed by atoms with Crippen molar-refractivity contribution in [3.63, 3.8) is 0 Å². The molecule has 40 heavy (non-hydrogen) atoms. The maximum Gasteiger partial charge on any atom is 1.00 e. The van der Waals surface area contributed by atoms with Crippen LogP contribution >= 0.6 is 0 Å². The zero-order chi connectivity index (χ0) is 28.7. The maximum atomic E-state index is 12.3. The summed E-state index contributed by atoms with van der Waals surface area (Å²) in [7, 11) is -5.18. The molecule has 0 saturated heterocycles. The Morgan fingerprint density at radius 3 is 1.02 bits per heavy atom. The molecule has 226 valence electrons. The van der Waals surface area contributed by atoms with Gasteiger partial charge in [-0.1, -0.05) is 155 Å². The Morgan fingerprint density at radius 2 is 0.825 bits per heavy atom. The van der Waals surface area contributed by atoms with E-state index in [2.05, 4.69) is 13.8 Å². The van der Waals surface area contributed by atoms with Gasteiger partial charge in [0.15, 0.2) is 0 Å². The monoisotopic (exact) mass is 638 g/mol. The quantitative estimate of drug-likeness (QED) is 0.0732. The van der Waals surface area contributed by atoms with Gasteiger partial charge in [-0.3, -0.25) is 4.55 Å². The molecule has 0 amide bonds. The minimum atomic E-state index is -5.18. The molecule has 0 aromatic rings. The van der Waals surface area contributed by atoms with Gasteiger partial charge in [0.1, 0.15) is 5.25 Å². The summed E-state index contributed by atoms with van der Waals surface area (Å²) in [6, 6.07) is 0. The number of carboxylic acid groups (broad SMARTS) is 2. The van der Waals surface area contributed by atoms with Crippen LogP contribution in [0.2, 0.25) is 0 Å². The molecule has 10 heteroatoms. The summed E-state index contributed by atoms with van der Waals surface area (Å²) in [6.07, 6.45) is 22.5. The number of carboxylic acids is 2. The molecule has 0 bridgehead atoms. The van der Waals surface area contributed by atoms with Crippen LogP contribution in [0.5, 0.6) is 0 Å². The Hall–Kier alpha value is 2.12. The first-order valence-corrected chi connectivity index (χ1v) is 17.0. The Balaban J connectivity index is -0.00000684. The van der Waals surface area contributed by atoms with Crippen molar-refractivity contribution >= 4 is 22.1 Å². The van der Waals surface area contributed by atoms with Gasteiger partial charge in [0.05, 0.1) is 5.97 Å². The van der Waals surface area contributed by atoms with Crippen LogP contribution < -0.4 is 113 Å². The molecule has 0 radical (unpaired) electrons. The van der Waals surface area contributed by atoms with Gasteiger partial charge >= 0.3 is 103 Å². The molecule has 0 aromatic heterocycles. The molecule has 0 aromatic carbocycles. The fourth-order valence-electron chi connectivity index (χ4n) is 5.54. The minimum Gasteiger partial charge on any atom is -0.549 e. The number of unbranched alkanes of at least 4 members (excludes halogenated alkanes) is 20. The second-order valence-corrected chi connectivity index (χ2v) is 12.7. The number of carbonyl (C=O) groups excluding carboxylic acids is 2. The zero-order valence-electron chi connectivity index (χ0n) is 26.4. The van der Waals surface area contributed by atoms with Crippen LogP contribution in [0.3, 0.4) is 0 Å². The van der Waals surface area contributed by atoms with E-state index in [1.165, 1.54) is 77.0 Å². The summed E-state index contributed by atoms with van der Waals surface area (Å²) in [5.41, 5.74) is -2.19. The number of rotatable bonds is 28. The molecule has 0 saturated carbocycles. The van der Waals surface area contributed by atoms with Gasteiger partial charge in [-0.15, -0.1) is 0 Å². The van der Waals surface area contributed by atoms with Gasteiger partial charge in [-0.25, -0.2) is 0 Å². The molecule has 0 rings (SSSR count). The smallest absolute Gasteiger partial charge is 0.549 e. The summed E-state index contributed by atoms with van der Waals surface area (Å²) < 4.78 is 33.6. The van der Waals surface area contributed by atoms with E-state index in [1.54, 1.807) is 0 Å². The van der Waals surface area contributed by atoms with Gasteiger partial charge in [0.2, 0.25) is 0 Å². The Kier molecular flexibility index (Phi) is 34.7. The number of hydrogen-bond donors (Lipinski definition) is 1. The second kappa shape index (κ2) is 29.8. The third kappa shape index (κ3) is 22.6. The van der Waals surface area contributed by atoms with E-state index >= 15 is 0 Å². The van der Waals surface area contributed by atoms with Gasteiger partial charge < -0.3 is 19.8 Å². The van der Waals surface area contributed by atoms with Gasteiger partial charge in [-0.2, -0.15) is 8.42 Å². The normalized spacial score (nSPS) is 12.4. The molecule has 0 aliphatic heterocycles. The third-order valence-corrected chi connectivity index (χ3v) is 9.11. The van der Waals surface area contributed by atoms with Crippen molar-refractivity contribution in [3.05, 3.63) is 0 Å². The van der Waals surface area contributed by atoms with Crippen molar-refractivity contribution in [2.45, 2.75) is 173 Å². The summed E-state index contributed by atoms with van der Waals surface area (Å²) in [5, 5.41) is 21.5. The Bertz CT molecular complexity index is 691. The van der Waals surface area contributed by atoms with Gasteiger partial charge in [0, 0.05) is 11.4 Å². The maximum absolute atomic E-state index is 12.3. The minimum absolute atomic E-state index is 0. The SMILES string of the molecule is CCCCCCCCCCCCCC(CCCCCCCCCCCCC)(C(=O)[O-])C(C(=O)[O-])S(=O)(=O)O.[K+].[K+]. The topological polar surface area (TPSA) is 135 Å². The van der Waals surface area contributed by atoms with E-state index in [4.69, 9.17) is 0 Å². The number of carbonyl (C=O) groups is 2. The van der Waals surface area contributed by atoms with Crippen molar-refractivity contribution < 1.29 is 136 Å². The van der Waals surface area contributed by atoms with Crippen LogP contribution in [-0.2, 0) is 19.7 Å². The van der Waals surface area contributed by atoms with Crippen molar-refractivity contribution in [1.29, 1.82) is 0 Å². The largest absolute Gasteiger partial charge is 1.00 e. The fourth-order valence-corrected chi connectivity index (χ4v) is 6.69. The summed E-state index contributed by atoms with van der Waals surface area (Å²) in [6.45, 7) is 4.39. The van der Waals surface area contributed by atoms with E-state index in [9.17, 15) is 32.8 Å². The average Bonchev–Trinajstić information content (AvgIpc) is 2.84. The van der Waals surface area contributed by atoms with Gasteiger partial charge in [-0.05, 0) is 12.8 Å². The first kappa shape index (κ1) is 46.5. The van der Waals surface area contributed by atoms with E-state index in [0.29, 0.717) is 25.7 Å².